The maximum absolute atomic E-state index is 11.0. The predicted molar refractivity (Wildman–Crippen MR) is 48.5 cm³/mol. The van der Waals surface area contributed by atoms with Gasteiger partial charge < -0.3 is 15.5 Å². The topological polar surface area (TPSA) is 69.6 Å². The summed E-state index contributed by atoms with van der Waals surface area (Å²) in [6.45, 7) is 1.53. The Hall–Kier alpha value is -0.610. The minimum absolute atomic E-state index is 0.156. The Balaban J connectivity index is 2.43. The van der Waals surface area contributed by atoms with Gasteiger partial charge in [0.15, 0.2) is 0 Å². The number of aliphatic hydroxyl groups is 1. The van der Waals surface area contributed by atoms with Crippen molar-refractivity contribution in [1.82, 2.24) is 5.32 Å². The van der Waals surface area contributed by atoms with Crippen molar-refractivity contribution in [3.05, 3.63) is 0 Å². The van der Waals surface area contributed by atoms with Crippen LogP contribution >= 0.6 is 0 Å². The van der Waals surface area contributed by atoms with Crippen LogP contribution in [0.1, 0.15) is 25.7 Å². The molecule has 0 spiro atoms. The summed E-state index contributed by atoms with van der Waals surface area (Å²) in [5.74, 6) is -0.699. The minimum atomic E-state index is -0.699. The summed E-state index contributed by atoms with van der Waals surface area (Å²) in [5.41, 5.74) is -0.560. The van der Waals surface area contributed by atoms with Crippen molar-refractivity contribution in [2.45, 2.75) is 25.7 Å². The van der Waals surface area contributed by atoms with Gasteiger partial charge in [-0.2, -0.15) is 0 Å². The number of aliphatic hydroxyl groups excluding tert-OH is 1. The molecule has 1 saturated heterocycles. The smallest absolute Gasteiger partial charge is 0.310 e. The van der Waals surface area contributed by atoms with Crippen LogP contribution in [0.15, 0.2) is 0 Å². The van der Waals surface area contributed by atoms with Crippen LogP contribution in [0, 0.1) is 5.41 Å². The van der Waals surface area contributed by atoms with Crippen molar-refractivity contribution < 1.29 is 15.0 Å². The Kier molecular flexibility index (Phi) is 3.69. The van der Waals surface area contributed by atoms with Gasteiger partial charge in [0.2, 0.25) is 0 Å². The van der Waals surface area contributed by atoms with E-state index in [9.17, 15) is 4.79 Å². The molecule has 4 nitrogen and oxygen atoms in total. The monoisotopic (exact) mass is 187 g/mol. The fourth-order valence-electron chi connectivity index (χ4n) is 1.82. The zero-order chi connectivity index (χ0) is 9.73. The fourth-order valence-corrected chi connectivity index (χ4v) is 1.82. The Bertz CT molecular complexity index is 176. The summed E-state index contributed by atoms with van der Waals surface area (Å²) in [5, 5.41) is 20.7. The third-order valence-electron chi connectivity index (χ3n) is 2.76. The predicted octanol–water partition coefficient (Wildman–Crippen LogP) is 0.213. The fraction of sp³-hybridized carbons (Fsp3) is 0.889. The highest BCUT2D eigenvalue weighted by Gasteiger charge is 2.40. The normalized spacial score (nSPS) is 27.8. The maximum atomic E-state index is 11.0. The molecular formula is C9H17NO3. The molecule has 1 unspecified atom stereocenters. The lowest BCUT2D eigenvalue weighted by Gasteiger charge is -2.22. The zero-order valence-corrected chi connectivity index (χ0v) is 7.75. The summed E-state index contributed by atoms with van der Waals surface area (Å²) in [6.07, 6.45) is 2.89. The standard InChI is InChI=1S/C9H17NO3/c11-6-2-1-3-9(8(12)13)4-5-10-7-9/h10-11H,1-7H2,(H,12,13). The van der Waals surface area contributed by atoms with Crippen LogP contribution in [0.5, 0.6) is 0 Å². The summed E-state index contributed by atoms with van der Waals surface area (Å²) >= 11 is 0. The van der Waals surface area contributed by atoms with Crippen molar-refractivity contribution in [2.75, 3.05) is 19.7 Å². The number of hydrogen-bond acceptors (Lipinski definition) is 3. The molecule has 1 aliphatic rings. The first-order valence-corrected chi connectivity index (χ1v) is 4.76. The number of nitrogens with one attached hydrogen (secondary N) is 1. The third-order valence-corrected chi connectivity index (χ3v) is 2.76. The van der Waals surface area contributed by atoms with Crippen LogP contribution < -0.4 is 5.32 Å². The summed E-state index contributed by atoms with van der Waals surface area (Å²) < 4.78 is 0. The Labute approximate surface area is 78.0 Å². The number of carboxylic acid groups (broad SMARTS) is 1. The van der Waals surface area contributed by atoms with Crippen LogP contribution in [0.2, 0.25) is 0 Å². The highest BCUT2D eigenvalue weighted by atomic mass is 16.4. The van der Waals surface area contributed by atoms with Crippen molar-refractivity contribution >= 4 is 5.97 Å². The molecule has 3 N–H and O–H groups in total. The third kappa shape index (κ3) is 2.42. The van der Waals surface area contributed by atoms with Crippen molar-refractivity contribution in [1.29, 1.82) is 0 Å². The lowest BCUT2D eigenvalue weighted by molar-refractivity contribution is -0.148. The first-order chi connectivity index (χ1) is 6.21. The van der Waals surface area contributed by atoms with Crippen LogP contribution in [0.25, 0.3) is 0 Å². The number of hydrogen-bond donors (Lipinski definition) is 3. The van der Waals surface area contributed by atoms with Crippen LogP contribution in [-0.2, 0) is 4.79 Å². The molecule has 0 saturated carbocycles. The molecule has 0 amide bonds. The van der Waals surface area contributed by atoms with Crippen LogP contribution in [0.3, 0.4) is 0 Å². The number of carboxylic acids is 1. The van der Waals surface area contributed by atoms with E-state index < -0.39 is 11.4 Å². The first kappa shape index (κ1) is 10.5. The number of unbranched alkanes of at least 4 members (excludes halogenated alkanes) is 1. The molecule has 4 heteroatoms. The highest BCUT2D eigenvalue weighted by Crippen LogP contribution is 2.31. The maximum Gasteiger partial charge on any atom is 0.310 e. The molecule has 1 atom stereocenters. The van der Waals surface area contributed by atoms with Gasteiger partial charge in [0, 0.05) is 13.2 Å². The van der Waals surface area contributed by atoms with E-state index in [4.69, 9.17) is 10.2 Å². The minimum Gasteiger partial charge on any atom is -0.481 e. The average molecular weight is 187 g/mol. The van der Waals surface area contributed by atoms with Crippen molar-refractivity contribution in [3.63, 3.8) is 0 Å². The van der Waals surface area contributed by atoms with E-state index in [-0.39, 0.29) is 6.61 Å². The van der Waals surface area contributed by atoms with E-state index in [1.54, 1.807) is 0 Å². The quantitative estimate of drug-likeness (QED) is 0.538. The van der Waals surface area contributed by atoms with Gasteiger partial charge in [0.25, 0.3) is 0 Å². The summed E-state index contributed by atoms with van der Waals surface area (Å²) in [4.78, 5) is 11.0. The zero-order valence-electron chi connectivity index (χ0n) is 7.75. The molecule has 0 bridgehead atoms. The first-order valence-electron chi connectivity index (χ1n) is 4.76. The van der Waals surface area contributed by atoms with Crippen molar-refractivity contribution in [3.8, 4) is 0 Å². The van der Waals surface area contributed by atoms with E-state index in [2.05, 4.69) is 5.32 Å². The summed E-state index contributed by atoms with van der Waals surface area (Å²) in [7, 11) is 0. The molecule has 0 radical (unpaired) electrons. The van der Waals surface area contributed by atoms with E-state index >= 15 is 0 Å². The molecule has 13 heavy (non-hydrogen) atoms. The second-order valence-corrected chi connectivity index (χ2v) is 3.69. The van der Waals surface area contributed by atoms with Gasteiger partial charge in [-0.3, -0.25) is 4.79 Å². The van der Waals surface area contributed by atoms with Gasteiger partial charge in [-0.25, -0.2) is 0 Å². The molecule has 1 fully saturated rings. The summed E-state index contributed by atoms with van der Waals surface area (Å²) in [6, 6.07) is 0. The van der Waals surface area contributed by atoms with Crippen LogP contribution in [-0.4, -0.2) is 35.9 Å². The van der Waals surface area contributed by atoms with Gasteiger partial charge in [0.1, 0.15) is 0 Å². The van der Waals surface area contributed by atoms with E-state index in [0.29, 0.717) is 25.8 Å². The van der Waals surface area contributed by atoms with Crippen molar-refractivity contribution in [2.24, 2.45) is 5.41 Å². The van der Waals surface area contributed by atoms with Gasteiger partial charge in [-0.1, -0.05) is 0 Å². The molecule has 1 rings (SSSR count). The molecule has 0 aromatic carbocycles. The number of rotatable bonds is 5. The Morgan fingerprint density at radius 1 is 1.46 bits per heavy atom. The van der Waals surface area contributed by atoms with E-state index in [1.165, 1.54) is 0 Å². The van der Waals surface area contributed by atoms with Gasteiger partial charge in [-0.15, -0.1) is 0 Å². The molecule has 1 aliphatic heterocycles. The highest BCUT2D eigenvalue weighted by molar-refractivity contribution is 5.75. The average Bonchev–Trinajstić information content (AvgIpc) is 2.55. The SMILES string of the molecule is O=C(O)C1(CCCCO)CCNC1. The molecule has 0 aliphatic carbocycles. The number of aliphatic carboxylic acids is 1. The lowest BCUT2D eigenvalue weighted by atomic mass is 9.82. The second kappa shape index (κ2) is 4.58. The van der Waals surface area contributed by atoms with E-state index in [0.717, 1.165) is 13.0 Å². The van der Waals surface area contributed by atoms with Crippen LogP contribution in [0.4, 0.5) is 0 Å². The Morgan fingerprint density at radius 3 is 2.69 bits per heavy atom. The van der Waals surface area contributed by atoms with Gasteiger partial charge in [0.05, 0.1) is 5.41 Å². The van der Waals surface area contributed by atoms with Gasteiger partial charge in [-0.05, 0) is 32.2 Å². The Morgan fingerprint density at radius 2 is 2.23 bits per heavy atom. The van der Waals surface area contributed by atoms with E-state index in [1.807, 2.05) is 0 Å². The second-order valence-electron chi connectivity index (χ2n) is 3.69. The largest absolute Gasteiger partial charge is 0.481 e. The molecule has 0 aromatic heterocycles. The molecule has 76 valence electrons. The van der Waals surface area contributed by atoms with Gasteiger partial charge >= 0.3 is 5.97 Å². The lowest BCUT2D eigenvalue weighted by Crippen LogP contribution is -2.33. The number of carbonyl (C=O) groups is 1. The molecule has 1 heterocycles. The molecule has 0 aromatic rings. The molecular weight excluding hydrogens is 170 g/mol.